The molecule has 2 fully saturated rings. The van der Waals surface area contributed by atoms with Crippen LogP contribution in [0, 0.1) is 5.82 Å². The van der Waals surface area contributed by atoms with Crippen molar-refractivity contribution in [3.8, 4) is 0 Å². The van der Waals surface area contributed by atoms with Crippen molar-refractivity contribution in [3.63, 3.8) is 0 Å². The summed E-state index contributed by atoms with van der Waals surface area (Å²) in [6.07, 6.45) is -1.76. The third-order valence-corrected chi connectivity index (χ3v) is 5.20. The number of rotatable bonds is 6. The van der Waals surface area contributed by atoms with Gasteiger partial charge in [0.1, 0.15) is 5.82 Å². The highest BCUT2D eigenvalue weighted by Gasteiger charge is 2.46. The first kappa shape index (κ1) is 23.2. The molecule has 1 saturated carbocycles. The third kappa shape index (κ3) is 6.20. The second-order valence-corrected chi connectivity index (χ2v) is 7.44. The lowest BCUT2D eigenvalue weighted by atomic mass is 9.95. The average Bonchev–Trinajstić information content (AvgIpc) is 3.26. The van der Waals surface area contributed by atoms with Crippen LogP contribution in [0.3, 0.4) is 0 Å². The van der Waals surface area contributed by atoms with Crippen LogP contribution in [0.25, 0.3) is 0 Å². The van der Waals surface area contributed by atoms with Crippen molar-refractivity contribution in [2.24, 2.45) is 4.99 Å². The van der Waals surface area contributed by atoms with Gasteiger partial charge in [-0.2, -0.15) is 13.2 Å². The molecule has 0 radical (unpaired) electrons. The van der Waals surface area contributed by atoms with Crippen LogP contribution < -0.4 is 10.6 Å². The van der Waals surface area contributed by atoms with E-state index in [2.05, 4.69) is 15.6 Å². The number of aliphatic imine (C=N–C) groups is 1. The van der Waals surface area contributed by atoms with Crippen LogP contribution in [0.2, 0.25) is 0 Å². The summed E-state index contributed by atoms with van der Waals surface area (Å²) < 4.78 is 51.8. The van der Waals surface area contributed by atoms with Gasteiger partial charge in [-0.15, -0.1) is 24.0 Å². The van der Waals surface area contributed by atoms with E-state index in [9.17, 15) is 17.6 Å². The molecule has 1 aliphatic carbocycles. The minimum absolute atomic E-state index is 0. The standard InChI is InChI=1S/C19H26F4N4.HI/c1-2-24-17(26-14-7-10-27(11-14)13-19(21,22)23)25-12-18(8-9-18)15-5-3-4-6-16(15)20;/h3-6,14H,2,7-13H2,1H3,(H2,24,25,26);1H. The molecule has 28 heavy (non-hydrogen) atoms. The van der Waals surface area contributed by atoms with Crippen LogP contribution in [-0.4, -0.2) is 55.8 Å². The molecule has 4 nitrogen and oxygen atoms in total. The summed E-state index contributed by atoms with van der Waals surface area (Å²) in [4.78, 5) is 6.02. The second kappa shape index (κ2) is 9.60. The van der Waals surface area contributed by atoms with E-state index in [1.165, 1.54) is 11.0 Å². The van der Waals surface area contributed by atoms with Gasteiger partial charge in [0.25, 0.3) is 0 Å². The van der Waals surface area contributed by atoms with Crippen LogP contribution >= 0.6 is 24.0 Å². The molecule has 1 aromatic carbocycles. The maximum absolute atomic E-state index is 14.1. The molecule has 1 heterocycles. The molecule has 0 amide bonds. The number of nitrogens with zero attached hydrogens (tertiary/aromatic N) is 2. The van der Waals surface area contributed by atoms with Gasteiger partial charge in [-0.05, 0) is 37.8 Å². The maximum atomic E-state index is 14.1. The Kier molecular flexibility index (Phi) is 7.95. The Balaban J connectivity index is 0.00000280. The SMILES string of the molecule is CCNC(=NCC1(c2ccccc2F)CC1)NC1CCN(CC(F)(F)F)C1.I. The zero-order chi connectivity index (χ0) is 19.5. The fraction of sp³-hybridized carbons (Fsp3) is 0.632. The number of nitrogens with one attached hydrogen (secondary N) is 2. The lowest BCUT2D eigenvalue weighted by Crippen LogP contribution is -2.45. The largest absolute Gasteiger partial charge is 0.401 e. The molecule has 158 valence electrons. The van der Waals surface area contributed by atoms with E-state index in [0.29, 0.717) is 44.1 Å². The molecule has 1 saturated heterocycles. The summed E-state index contributed by atoms with van der Waals surface area (Å²) in [6.45, 7) is 2.92. The highest BCUT2D eigenvalue weighted by molar-refractivity contribution is 14.0. The van der Waals surface area contributed by atoms with Crippen LogP contribution in [0.1, 0.15) is 31.7 Å². The minimum atomic E-state index is -4.18. The smallest absolute Gasteiger partial charge is 0.357 e. The predicted octanol–water partition coefficient (Wildman–Crippen LogP) is 3.67. The van der Waals surface area contributed by atoms with Crippen LogP contribution in [0.4, 0.5) is 17.6 Å². The van der Waals surface area contributed by atoms with Crippen molar-refractivity contribution in [3.05, 3.63) is 35.6 Å². The lowest BCUT2D eigenvalue weighted by molar-refractivity contribution is -0.143. The number of guanidine groups is 1. The summed E-state index contributed by atoms with van der Waals surface area (Å²) in [5.74, 6) is 0.376. The molecule has 9 heteroatoms. The molecule has 0 aromatic heterocycles. The normalized spacial score (nSPS) is 21.9. The monoisotopic (exact) mass is 514 g/mol. The predicted molar refractivity (Wildman–Crippen MR) is 113 cm³/mol. The van der Waals surface area contributed by atoms with Crippen molar-refractivity contribution < 1.29 is 17.6 Å². The van der Waals surface area contributed by atoms with E-state index in [4.69, 9.17) is 0 Å². The zero-order valence-electron chi connectivity index (χ0n) is 15.9. The Morgan fingerprint density at radius 2 is 2.00 bits per heavy atom. The van der Waals surface area contributed by atoms with E-state index in [1.807, 2.05) is 19.1 Å². The Morgan fingerprint density at radius 1 is 1.29 bits per heavy atom. The first-order chi connectivity index (χ1) is 12.8. The van der Waals surface area contributed by atoms with Crippen molar-refractivity contribution in [2.75, 3.05) is 32.7 Å². The van der Waals surface area contributed by atoms with Crippen molar-refractivity contribution >= 4 is 29.9 Å². The van der Waals surface area contributed by atoms with E-state index >= 15 is 0 Å². The summed E-state index contributed by atoms with van der Waals surface area (Å²) >= 11 is 0. The molecular weight excluding hydrogens is 487 g/mol. The van der Waals surface area contributed by atoms with Gasteiger partial charge in [0.15, 0.2) is 5.96 Å². The van der Waals surface area contributed by atoms with Gasteiger partial charge >= 0.3 is 6.18 Å². The Morgan fingerprint density at radius 3 is 2.61 bits per heavy atom. The minimum Gasteiger partial charge on any atom is -0.357 e. The van der Waals surface area contributed by atoms with Gasteiger partial charge < -0.3 is 10.6 Å². The molecule has 2 aliphatic rings. The highest BCUT2D eigenvalue weighted by Crippen LogP contribution is 2.49. The third-order valence-electron chi connectivity index (χ3n) is 5.20. The van der Waals surface area contributed by atoms with Crippen molar-refractivity contribution in [1.29, 1.82) is 0 Å². The Bertz CT molecular complexity index is 676. The van der Waals surface area contributed by atoms with Gasteiger partial charge in [-0.1, -0.05) is 18.2 Å². The fourth-order valence-electron chi connectivity index (χ4n) is 3.65. The van der Waals surface area contributed by atoms with E-state index in [0.717, 1.165) is 12.8 Å². The number of benzene rings is 1. The number of hydrogen-bond acceptors (Lipinski definition) is 2. The van der Waals surface area contributed by atoms with Crippen LogP contribution in [0.15, 0.2) is 29.3 Å². The molecule has 1 unspecified atom stereocenters. The first-order valence-corrected chi connectivity index (χ1v) is 9.40. The van der Waals surface area contributed by atoms with Gasteiger partial charge in [-0.3, -0.25) is 9.89 Å². The van der Waals surface area contributed by atoms with E-state index in [1.54, 1.807) is 6.07 Å². The quantitative estimate of drug-likeness (QED) is 0.264. The average molecular weight is 514 g/mol. The van der Waals surface area contributed by atoms with Gasteiger partial charge in [0, 0.05) is 31.1 Å². The fourth-order valence-corrected chi connectivity index (χ4v) is 3.65. The summed E-state index contributed by atoms with van der Waals surface area (Å²) in [6, 6.07) is 6.71. The molecule has 1 atom stereocenters. The molecule has 0 bridgehead atoms. The van der Waals surface area contributed by atoms with E-state index < -0.39 is 12.7 Å². The van der Waals surface area contributed by atoms with Crippen molar-refractivity contribution in [1.82, 2.24) is 15.5 Å². The molecule has 3 rings (SSSR count). The summed E-state index contributed by atoms with van der Waals surface area (Å²) in [5.41, 5.74) is 0.438. The van der Waals surface area contributed by atoms with Crippen LogP contribution in [0.5, 0.6) is 0 Å². The van der Waals surface area contributed by atoms with Gasteiger partial charge in [0.2, 0.25) is 0 Å². The molecular formula is C19H27F4IN4. The summed E-state index contributed by atoms with van der Waals surface area (Å²) in [5, 5.41) is 6.38. The number of alkyl halides is 3. The van der Waals surface area contributed by atoms with Gasteiger partial charge in [0.05, 0.1) is 13.1 Å². The number of hydrogen-bond donors (Lipinski definition) is 2. The highest BCUT2D eigenvalue weighted by atomic mass is 127. The summed E-state index contributed by atoms with van der Waals surface area (Å²) in [7, 11) is 0. The first-order valence-electron chi connectivity index (χ1n) is 9.40. The number of likely N-dealkylation sites (tertiary alicyclic amines) is 1. The molecule has 2 N–H and O–H groups in total. The molecule has 0 spiro atoms. The lowest BCUT2D eigenvalue weighted by Gasteiger charge is -2.20. The van der Waals surface area contributed by atoms with Gasteiger partial charge in [-0.25, -0.2) is 4.39 Å². The molecule has 1 aliphatic heterocycles. The van der Waals surface area contributed by atoms with Crippen LogP contribution in [-0.2, 0) is 5.41 Å². The van der Waals surface area contributed by atoms with E-state index in [-0.39, 0.29) is 41.3 Å². The second-order valence-electron chi connectivity index (χ2n) is 7.44. The number of halogens is 5. The topological polar surface area (TPSA) is 39.7 Å². The Hall–Kier alpha value is -1.10. The molecule has 1 aromatic rings. The Labute approximate surface area is 180 Å². The van der Waals surface area contributed by atoms with Crippen molar-refractivity contribution in [2.45, 2.75) is 43.8 Å². The maximum Gasteiger partial charge on any atom is 0.401 e. The zero-order valence-corrected chi connectivity index (χ0v) is 18.2.